The first-order chi connectivity index (χ1) is 11.3. The van der Waals surface area contributed by atoms with Crippen LogP contribution in [0.3, 0.4) is 0 Å². The number of benzene rings is 1. The lowest BCUT2D eigenvalue weighted by Gasteiger charge is -2.25. The second-order valence-corrected chi connectivity index (χ2v) is 7.89. The molecule has 1 aromatic rings. The first kappa shape index (κ1) is 18.8. The molecule has 0 radical (unpaired) electrons. The van der Waals surface area contributed by atoms with E-state index in [0.717, 1.165) is 29.4 Å². The van der Waals surface area contributed by atoms with E-state index in [-0.39, 0.29) is 24.9 Å². The third-order valence-corrected chi connectivity index (χ3v) is 4.31. The summed E-state index contributed by atoms with van der Waals surface area (Å²) in [6.45, 7) is 6.48. The summed E-state index contributed by atoms with van der Waals surface area (Å²) in [5.41, 5.74) is 0.616. The summed E-state index contributed by atoms with van der Waals surface area (Å²) in [5, 5.41) is 2.64. The number of amides is 2. The Kier molecular flexibility index (Phi) is 6.27. The van der Waals surface area contributed by atoms with Crippen LogP contribution in [0.5, 0.6) is 0 Å². The number of carbonyl (C=O) groups excluding carboxylic acids is 2. The van der Waals surface area contributed by atoms with Gasteiger partial charge in [-0.15, -0.1) is 0 Å². The fourth-order valence-corrected chi connectivity index (χ4v) is 3.27. The zero-order valence-electron chi connectivity index (χ0n) is 14.5. The lowest BCUT2D eigenvalue weighted by atomic mass is 10.0. The van der Waals surface area contributed by atoms with Gasteiger partial charge in [-0.2, -0.15) is 0 Å². The second-order valence-electron chi connectivity index (χ2n) is 6.98. The van der Waals surface area contributed by atoms with Crippen LogP contribution < -0.4 is 5.32 Å². The topological polar surface area (TPSA) is 58.6 Å². The van der Waals surface area contributed by atoms with E-state index in [4.69, 9.17) is 4.74 Å². The van der Waals surface area contributed by atoms with E-state index in [0.29, 0.717) is 0 Å². The van der Waals surface area contributed by atoms with Crippen LogP contribution in [0.4, 0.5) is 4.79 Å². The molecule has 132 valence electrons. The van der Waals surface area contributed by atoms with E-state index in [1.807, 2.05) is 37.8 Å². The van der Waals surface area contributed by atoms with Crippen LogP contribution in [0.15, 0.2) is 28.7 Å². The van der Waals surface area contributed by atoms with Gasteiger partial charge in [-0.05, 0) is 51.3 Å². The highest BCUT2D eigenvalue weighted by atomic mass is 79.9. The van der Waals surface area contributed by atoms with Crippen LogP contribution in [-0.4, -0.2) is 35.6 Å². The highest BCUT2D eigenvalue weighted by molar-refractivity contribution is 9.10. The van der Waals surface area contributed by atoms with Gasteiger partial charge < -0.3 is 15.0 Å². The number of nitrogens with one attached hydrogen (secondary N) is 1. The van der Waals surface area contributed by atoms with E-state index in [2.05, 4.69) is 33.4 Å². The van der Waals surface area contributed by atoms with Gasteiger partial charge in [-0.25, -0.2) is 4.79 Å². The van der Waals surface area contributed by atoms with E-state index < -0.39 is 11.7 Å². The number of carbonyl (C=O) groups is 2. The van der Waals surface area contributed by atoms with Crippen LogP contribution in [0.1, 0.15) is 51.6 Å². The lowest BCUT2D eigenvalue weighted by molar-refractivity contribution is -0.132. The van der Waals surface area contributed by atoms with Gasteiger partial charge in [0.1, 0.15) is 5.60 Å². The molecule has 1 aromatic carbocycles. The van der Waals surface area contributed by atoms with Crippen molar-refractivity contribution >= 4 is 27.9 Å². The monoisotopic (exact) mass is 396 g/mol. The van der Waals surface area contributed by atoms with Gasteiger partial charge in [0.25, 0.3) is 0 Å². The third-order valence-electron chi connectivity index (χ3n) is 3.81. The molecule has 2 rings (SSSR count). The molecule has 0 spiro atoms. The molecular formula is C18H25BrN2O3. The standard InChI is InChI=1S/C18H25BrN2O3/c1-18(2,3)24-17(23)20-10-9-16(22)21-11-5-8-15(21)13-6-4-7-14(19)12-13/h4,6-7,12,15H,5,8-11H2,1-3H3,(H,20,23)/t15-/m1/s1. The van der Waals surface area contributed by atoms with E-state index in [9.17, 15) is 9.59 Å². The molecule has 0 aromatic heterocycles. The SMILES string of the molecule is CC(C)(C)OC(=O)NCCC(=O)N1CCC[C@@H]1c1cccc(Br)c1. The highest BCUT2D eigenvalue weighted by Gasteiger charge is 2.29. The van der Waals surface area contributed by atoms with Gasteiger partial charge in [0.2, 0.25) is 5.91 Å². The predicted octanol–water partition coefficient (Wildman–Crippen LogP) is 4.03. The van der Waals surface area contributed by atoms with Gasteiger partial charge >= 0.3 is 6.09 Å². The summed E-state index contributed by atoms with van der Waals surface area (Å²) in [6.07, 6.45) is 1.77. The van der Waals surface area contributed by atoms with Gasteiger partial charge in [0.15, 0.2) is 0 Å². The molecule has 1 fully saturated rings. The maximum absolute atomic E-state index is 12.5. The fraction of sp³-hybridized carbons (Fsp3) is 0.556. The Bertz CT molecular complexity index is 598. The van der Waals surface area contributed by atoms with Crippen LogP contribution in [-0.2, 0) is 9.53 Å². The Morgan fingerprint density at radius 1 is 1.38 bits per heavy atom. The number of ether oxygens (including phenoxy) is 1. The number of hydrogen-bond donors (Lipinski definition) is 1. The van der Waals surface area contributed by atoms with Crippen molar-refractivity contribution in [1.29, 1.82) is 0 Å². The largest absolute Gasteiger partial charge is 0.444 e. The Balaban J connectivity index is 1.86. The molecule has 0 aliphatic carbocycles. The molecule has 2 amide bonds. The number of nitrogens with zero attached hydrogens (tertiary/aromatic N) is 1. The van der Waals surface area contributed by atoms with Crippen molar-refractivity contribution in [3.05, 3.63) is 34.3 Å². The molecule has 1 heterocycles. The summed E-state index contributed by atoms with van der Waals surface area (Å²) in [7, 11) is 0. The molecule has 1 aliphatic heterocycles. The summed E-state index contributed by atoms with van der Waals surface area (Å²) < 4.78 is 6.19. The first-order valence-electron chi connectivity index (χ1n) is 8.28. The molecule has 5 nitrogen and oxygen atoms in total. The molecule has 1 N–H and O–H groups in total. The van der Waals surface area contributed by atoms with Gasteiger partial charge in [0, 0.05) is 24.0 Å². The Labute approximate surface area is 151 Å². The number of hydrogen-bond acceptors (Lipinski definition) is 3. The summed E-state index contributed by atoms with van der Waals surface area (Å²) in [5.74, 6) is 0.0635. The normalized spacial score (nSPS) is 17.7. The highest BCUT2D eigenvalue weighted by Crippen LogP contribution is 2.33. The van der Waals surface area contributed by atoms with Crippen molar-refractivity contribution in [3.8, 4) is 0 Å². The first-order valence-corrected chi connectivity index (χ1v) is 9.07. The Hall–Kier alpha value is -1.56. The smallest absolute Gasteiger partial charge is 0.407 e. The minimum Gasteiger partial charge on any atom is -0.444 e. The Morgan fingerprint density at radius 3 is 2.79 bits per heavy atom. The molecule has 0 bridgehead atoms. The van der Waals surface area contributed by atoms with E-state index in [1.54, 1.807) is 0 Å². The number of likely N-dealkylation sites (tertiary alicyclic amines) is 1. The van der Waals surface area contributed by atoms with Crippen molar-refractivity contribution < 1.29 is 14.3 Å². The van der Waals surface area contributed by atoms with E-state index in [1.165, 1.54) is 0 Å². The average molecular weight is 397 g/mol. The van der Waals surface area contributed by atoms with Crippen LogP contribution in [0.2, 0.25) is 0 Å². The molecule has 1 atom stereocenters. The molecule has 6 heteroatoms. The zero-order valence-corrected chi connectivity index (χ0v) is 16.1. The predicted molar refractivity (Wildman–Crippen MR) is 96.7 cm³/mol. The molecule has 0 unspecified atom stereocenters. The summed E-state index contributed by atoms with van der Waals surface area (Å²) >= 11 is 3.48. The quantitative estimate of drug-likeness (QED) is 0.835. The van der Waals surface area contributed by atoms with Crippen molar-refractivity contribution in [3.63, 3.8) is 0 Å². The third kappa shape index (κ3) is 5.51. The number of alkyl carbamates (subject to hydrolysis) is 1. The molecule has 1 saturated heterocycles. The van der Waals surface area contributed by atoms with Crippen molar-refractivity contribution in [2.45, 2.75) is 51.7 Å². The minimum atomic E-state index is -0.533. The molecular weight excluding hydrogens is 372 g/mol. The van der Waals surface area contributed by atoms with Crippen LogP contribution >= 0.6 is 15.9 Å². The molecule has 24 heavy (non-hydrogen) atoms. The van der Waals surface area contributed by atoms with Gasteiger partial charge in [-0.3, -0.25) is 4.79 Å². The van der Waals surface area contributed by atoms with Crippen molar-refractivity contribution in [2.75, 3.05) is 13.1 Å². The van der Waals surface area contributed by atoms with Crippen molar-refractivity contribution in [1.82, 2.24) is 10.2 Å². The fourth-order valence-electron chi connectivity index (χ4n) is 2.85. The van der Waals surface area contributed by atoms with Crippen molar-refractivity contribution in [2.24, 2.45) is 0 Å². The number of rotatable bonds is 4. The average Bonchev–Trinajstić information content (AvgIpc) is 2.94. The van der Waals surface area contributed by atoms with Gasteiger partial charge in [-0.1, -0.05) is 28.1 Å². The summed E-state index contributed by atoms with van der Waals surface area (Å²) in [6, 6.07) is 8.21. The number of halogens is 1. The lowest BCUT2D eigenvalue weighted by Crippen LogP contribution is -2.36. The maximum atomic E-state index is 12.5. The maximum Gasteiger partial charge on any atom is 0.407 e. The Morgan fingerprint density at radius 2 is 2.12 bits per heavy atom. The van der Waals surface area contributed by atoms with Crippen LogP contribution in [0, 0.1) is 0 Å². The molecule has 0 saturated carbocycles. The van der Waals surface area contributed by atoms with Gasteiger partial charge in [0.05, 0.1) is 6.04 Å². The molecule has 1 aliphatic rings. The minimum absolute atomic E-state index is 0.0635. The zero-order chi connectivity index (χ0) is 17.7. The second kappa shape index (κ2) is 8.01. The van der Waals surface area contributed by atoms with E-state index >= 15 is 0 Å². The van der Waals surface area contributed by atoms with Crippen LogP contribution in [0.25, 0.3) is 0 Å². The summed E-state index contributed by atoms with van der Waals surface area (Å²) in [4.78, 5) is 26.0.